The Balaban J connectivity index is 1.52. The van der Waals surface area contributed by atoms with E-state index in [9.17, 15) is 9.90 Å². The number of rotatable bonds is 8. The summed E-state index contributed by atoms with van der Waals surface area (Å²) in [5.41, 5.74) is 2.20. The Morgan fingerprint density at radius 3 is 2.60 bits per heavy atom. The van der Waals surface area contributed by atoms with Crippen molar-refractivity contribution in [3.8, 4) is 0 Å². The number of ether oxygens (including phenoxy) is 2. The predicted molar refractivity (Wildman–Crippen MR) is 141 cm³/mol. The molecule has 0 aliphatic heterocycles. The highest BCUT2D eigenvalue weighted by Gasteiger charge is 2.67. The maximum absolute atomic E-state index is 11.6. The van der Waals surface area contributed by atoms with E-state index in [0.29, 0.717) is 29.1 Å². The monoisotopic (exact) mass is 484 g/mol. The normalized spacial score (nSPS) is 40.5. The summed E-state index contributed by atoms with van der Waals surface area (Å²) < 4.78 is 11.7. The molecule has 196 valence electrons. The number of carbonyl (C=O) groups excluding carboxylic acids is 1. The largest absolute Gasteiger partial charge is 0.458 e. The first-order chi connectivity index (χ1) is 16.3. The van der Waals surface area contributed by atoms with Crippen molar-refractivity contribution in [3.05, 3.63) is 36.0 Å². The summed E-state index contributed by atoms with van der Waals surface area (Å²) in [6.07, 6.45) is 15.1. The second kappa shape index (κ2) is 9.49. The van der Waals surface area contributed by atoms with Gasteiger partial charge in [0.2, 0.25) is 0 Å². The average molecular weight is 485 g/mol. The molecule has 4 rings (SSSR count). The van der Waals surface area contributed by atoms with Gasteiger partial charge in [0.1, 0.15) is 6.10 Å². The topological polar surface area (TPSA) is 55.8 Å². The standard InChI is InChI=1S/C31H48O4/c1-19(11-12-20(2)29(5,6)33)25-13-14-26-23(10-9-15-30(25,26)7)16-28(34-8)31-18-24(31)17-27(21(31)3)35-22(4)32/h11-12,16,19-20,24-28,33H,3,9-10,13-15,17-18H2,1-2,4-8H3/b12-11+,23-16+/t19-,20+,24?,25-,26+,27+,28?,30-,31?/m1/s1. The fourth-order valence-electron chi connectivity index (χ4n) is 8.06. The maximum Gasteiger partial charge on any atom is 0.303 e. The van der Waals surface area contributed by atoms with Gasteiger partial charge in [-0.3, -0.25) is 4.79 Å². The maximum atomic E-state index is 11.6. The molecule has 0 aromatic carbocycles. The van der Waals surface area contributed by atoms with Crippen LogP contribution in [0.3, 0.4) is 0 Å². The van der Waals surface area contributed by atoms with Crippen molar-refractivity contribution in [3.63, 3.8) is 0 Å². The van der Waals surface area contributed by atoms with E-state index in [2.05, 4.69) is 45.6 Å². The number of hydrogen-bond donors (Lipinski definition) is 1. The third-order valence-corrected chi connectivity index (χ3v) is 10.6. The SMILES string of the molecule is C=C1[C@@H](OC(C)=O)CC2CC12C(/C=C1\CCC[C@]2(C)[C@@H]([C@H](C)/C=C/[C@H](C)C(C)(C)O)CC[C@@H]12)OC. The van der Waals surface area contributed by atoms with Crippen LogP contribution in [0, 0.1) is 40.4 Å². The van der Waals surface area contributed by atoms with Crippen LogP contribution >= 0.6 is 0 Å². The summed E-state index contributed by atoms with van der Waals surface area (Å²) in [7, 11) is 1.83. The van der Waals surface area contributed by atoms with Crippen molar-refractivity contribution in [2.45, 2.75) is 104 Å². The van der Waals surface area contributed by atoms with Gasteiger partial charge in [0.25, 0.3) is 0 Å². The van der Waals surface area contributed by atoms with Gasteiger partial charge in [0, 0.05) is 25.4 Å². The molecule has 4 nitrogen and oxygen atoms in total. The Morgan fingerprint density at radius 1 is 1.26 bits per heavy atom. The molecular formula is C31H48O4. The van der Waals surface area contributed by atoms with Crippen LogP contribution in [0.5, 0.6) is 0 Å². The molecular weight excluding hydrogens is 436 g/mol. The molecule has 0 aromatic heterocycles. The van der Waals surface area contributed by atoms with Crippen molar-refractivity contribution in [1.82, 2.24) is 0 Å². The number of aliphatic hydroxyl groups is 1. The summed E-state index contributed by atoms with van der Waals surface area (Å²) in [5, 5.41) is 10.3. The molecule has 0 spiro atoms. The zero-order chi connectivity index (χ0) is 25.8. The number of methoxy groups -OCH3 is 1. The summed E-state index contributed by atoms with van der Waals surface area (Å²) >= 11 is 0. The molecule has 4 fully saturated rings. The minimum absolute atomic E-state index is 0.0157. The van der Waals surface area contributed by atoms with Gasteiger partial charge in [0.05, 0.1) is 11.7 Å². The first-order valence-corrected chi connectivity index (χ1v) is 13.8. The third kappa shape index (κ3) is 4.70. The molecule has 0 heterocycles. The Kier molecular flexibility index (Phi) is 7.23. The van der Waals surface area contributed by atoms with Gasteiger partial charge in [-0.15, -0.1) is 0 Å². The quantitative estimate of drug-likeness (QED) is 0.310. The third-order valence-electron chi connectivity index (χ3n) is 10.6. The van der Waals surface area contributed by atoms with Crippen LogP contribution in [-0.4, -0.2) is 36.0 Å². The molecule has 0 saturated heterocycles. The van der Waals surface area contributed by atoms with E-state index in [1.807, 2.05) is 21.0 Å². The van der Waals surface area contributed by atoms with E-state index in [-0.39, 0.29) is 29.5 Å². The van der Waals surface area contributed by atoms with Crippen LogP contribution in [0.15, 0.2) is 36.0 Å². The molecule has 35 heavy (non-hydrogen) atoms. The van der Waals surface area contributed by atoms with Gasteiger partial charge in [-0.2, -0.15) is 0 Å². The lowest BCUT2D eigenvalue weighted by Gasteiger charge is -2.44. The fourth-order valence-corrected chi connectivity index (χ4v) is 8.06. The number of allylic oxidation sites excluding steroid dienone is 2. The Labute approximate surface area is 213 Å². The zero-order valence-electron chi connectivity index (χ0n) is 23.1. The minimum Gasteiger partial charge on any atom is -0.458 e. The van der Waals surface area contributed by atoms with Gasteiger partial charge in [-0.1, -0.05) is 51.2 Å². The summed E-state index contributed by atoms with van der Waals surface area (Å²) in [6.45, 7) is 16.7. The van der Waals surface area contributed by atoms with Gasteiger partial charge in [-0.25, -0.2) is 0 Å². The lowest BCUT2D eigenvalue weighted by atomic mass is 9.61. The van der Waals surface area contributed by atoms with E-state index in [1.54, 1.807) is 5.57 Å². The van der Waals surface area contributed by atoms with E-state index >= 15 is 0 Å². The average Bonchev–Trinajstić information content (AvgIpc) is 3.28. The molecule has 0 bridgehead atoms. The molecule has 3 unspecified atom stereocenters. The van der Waals surface area contributed by atoms with E-state index in [0.717, 1.165) is 24.8 Å². The number of hydrogen-bond acceptors (Lipinski definition) is 4. The second-order valence-electron chi connectivity index (χ2n) is 13.0. The molecule has 0 aromatic rings. The number of fused-ring (bicyclic) bond motifs is 2. The van der Waals surface area contributed by atoms with Gasteiger partial charge >= 0.3 is 5.97 Å². The molecule has 1 N–H and O–H groups in total. The molecule has 0 radical (unpaired) electrons. The summed E-state index contributed by atoms with van der Waals surface area (Å²) in [5.74, 6) is 2.19. The lowest BCUT2D eigenvalue weighted by molar-refractivity contribution is -0.144. The van der Waals surface area contributed by atoms with Gasteiger partial charge < -0.3 is 14.6 Å². The highest BCUT2D eigenvalue weighted by Crippen LogP contribution is 2.69. The minimum atomic E-state index is -0.687. The van der Waals surface area contributed by atoms with Crippen molar-refractivity contribution < 1.29 is 19.4 Å². The van der Waals surface area contributed by atoms with E-state index < -0.39 is 5.60 Å². The van der Waals surface area contributed by atoms with E-state index in [1.165, 1.54) is 32.6 Å². The van der Waals surface area contributed by atoms with Crippen molar-refractivity contribution >= 4 is 5.97 Å². The molecule has 4 heteroatoms. The molecule has 4 aliphatic carbocycles. The fraction of sp³-hybridized carbons (Fsp3) is 0.774. The van der Waals surface area contributed by atoms with E-state index in [4.69, 9.17) is 9.47 Å². The van der Waals surface area contributed by atoms with Crippen molar-refractivity contribution in [2.75, 3.05) is 7.11 Å². The van der Waals surface area contributed by atoms with Crippen LogP contribution in [0.1, 0.15) is 86.5 Å². The highest BCUT2D eigenvalue weighted by molar-refractivity contribution is 5.67. The zero-order valence-corrected chi connectivity index (χ0v) is 23.1. The first kappa shape index (κ1) is 26.7. The molecule has 4 saturated carbocycles. The van der Waals surface area contributed by atoms with Crippen LogP contribution in [-0.2, 0) is 14.3 Å². The van der Waals surface area contributed by atoms with Crippen molar-refractivity contribution in [2.24, 2.45) is 40.4 Å². The number of carbonyl (C=O) groups is 1. The van der Waals surface area contributed by atoms with Crippen LogP contribution in [0.4, 0.5) is 0 Å². The van der Waals surface area contributed by atoms with Crippen LogP contribution in [0.2, 0.25) is 0 Å². The second-order valence-corrected chi connectivity index (χ2v) is 13.0. The van der Waals surface area contributed by atoms with Gasteiger partial charge in [0.15, 0.2) is 0 Å². The molecule has 0 amide bonds. The molecule has 9 atom stereocenters. The Hall–Kier alpha value is -1.39. The van der Waals surface area contributed by atoms with Crippen LogP contribution in [0.25, 0.3) is 0 Å². The first-order valence-electron chi connectivity index (χ1n) is 13.8. The Morgan fingerprint density at radius 2 is 1.97 bits per heavy atom. The van der Waals surface area contributed by atoms with Crippen molar-refractivity contribution in [1.29, 1.82) is 0 Å². The predicted octanol–water partition coefficient (Wildman–Crippen LogP) is 6.64. The molecule has 4 aliphatic rings. The highest BCUT2D eigenvalue weighted by atomic mass is 16.5. The van der Waals surface area contributed by atoms with Crippen LogP contribution < -0.4 is 0 Å². The smallest absolute Gasteiger partial charge is 0.303 e. The Bertz CT molecular complexity index is 894. The summed E-state index contributed by atoms with van der Waals surface area (Å²) in [4.78, 5) is 11.6. The summed E-state index contributed by atoms with van der Waals surface area (Å²) in [6, 6.07) is 0. The van der Waals surface area contributed by atoms with Gasteiger partial charge in [-0.05, 0) is 93.5 Å². The number of esters is 1. The lowest BCUT2D eigenvalue weighted by Crippen LogP contribution is -2.36.